The molecule has 0 saturated heterocycles. The second-order valence-electron chi connectivity index (χ2n) is 6.84. The lowest BCUT2D eigenvalue weighted by Crippen LogP contribution is -2.37. The lowest BCUT2D eigenvalue weighted by molar-refractivity contribution is -0.113. The number of aromatic nitrogens is 3. The zero-order chi connectivity index (χ0) is 21.8. The van der Waals surface area contributed by atoms with Gasteiger partial charge in [-0.1, -0.05) is 19.4 Å². The number of pyridine rings is 1. The van der Waals surface area contributed by atoms with Crippen LogP contribution in [0.5, 0.6) is 5.75 Å². The number of carbonyl (C=O) groups is 1. The molecule has 158 valence electrons. The van der Waals surface area contributed by atoms with Gasteiger partial charge in [0.1, 0.15) is 11.4 Å². The van der Waals surface area contributed by atoms with Crippen LogP contribution in [-0.4, -0.2) is 32.9 Å². The van der Waals surface area contributed by atoms with Crippen molar-refractivity contribution in [3.63, 3.8) is 0 Å². The topological polar surface area (TPSA) is 95.2 Å². The Morgan fingerprint density at radius 3 is 2.70 bits per heavy atom. The molecule has 0 bridgehead atoms. The van der Waals surface area contributed by atoms with E-state index in [1.54, 1.807) is 44.6 Å². The van der Waals surface area contributed by atoms with Gasteiger partial charge < -0.3 is 10.1 Å². The van der Waals surface area contributed by atoms with Crippen LogP contribution in [0.1, 0.15) is 18.9 Å². The largest absolute Gasteiger partial charge is 0.497 e. The highest BCUT2D eigenvalue weighted by Crippen LogP contribution is 2.29. The van der Waals surface area contributed by atoms with Crippen molar-refractivity contribution in [2.75, 3.05) is 18.2 Å². The first kappa shape index (κ1) is 21.6. The van der Waals surface area contributed by atoms with Crippen LogP contribution >= 0.6 is 11.8 Å². The summed E-state index contributed by atoms with van der Waals surface area (Å²) < 4.78 is 7.60. The third kappa shape index (κ3) is 4.25. The number of fused-ring (bicyclic) bond motifs is 1. The molecule has 0 radical (unpaired) electrons. The second-order valence-corrected chi connectivity index (χ2v) is 7.82. The summed E-state index contributed by atoms with van der Waals surface area (Å²) in [7, 11) is 4.59. The van der Waals surface area contributed by atoms with Crippen LogP contribution < -0.4 is 21.3 Å². The van der Waals surface area contributed by atoms with Gasteiger partial charge in [0.05, 0.1) is 18.2 Å². The van der Waals surface area contributed by atoms with Crippen LogP contribution in [0.15, 0.2) is 44.9 Å². The molecule has 3 aromatic rings. The van der Waals surface area contributed by atoms with Crippen LogP contribution in [0.25, 0.3) is 11.0 Å². The average Bonchev–Trinajstić information content (AvgIpc) is 2.75. The van der Waals surface area contributed by atoms with Gasteiger partial charge in [-0.2, -0.15) is 0 Å². The summed E-state index contributed by atoms with van der Waals surface area (Å²) in [6, 6.07) is 7.10. The van der Waals surface area contributed by atoms with E-state index in [-0.39, 0.29) is 11.7 Å². The van der Waals surface area contributed by atoms with E-state index in [4.69, 9.17) is 4.74 Å². The highest BCUT2D eigenvalue weighted by molar-refractivity contribution is 8.00. The predicted octanol–water partition coefficient (Wildman–Crippen LogP) is 2.32. The molecular weight excluding hydrogens is 404 g/mol. The predicted molar refractivity (Wildman–Crippen MR) is 119 cm³/mol. The molecule has 3 rings (SSSR count). The minimum atomic E-state index is -0.435. The second kappa shape index (κ2) is 9.17. The first-order chi connectivity index (χ1) is 14.4. The number of benzene rings is 1. The molecule has 0 saturated carbocycles. The van der Waals surface area contributed by atoms with E-state index in [2.05, 4.69) is 10.3 Å². The van der Waals surface area contributed by atoms with E-state index in [1.807, 2.05) is 6.92 Å². The number of nitrogens with one attached hydrogen (secondary N) is 1. The van der Waals surface area contributed by atoms with Crippen LogP contribution in [0.2, 0.25) is 0 Å². The van der Waals surface area contributed by atoms with E-state index in [0.29, 0.717) is 27.4 Å². The standard InChI is InChI=1S/C21H24N4O4S/c1-5-7-13-11-22-19-17(20(27)25(3)21(28)24(19)2)18(13)30-12-16(26)23-14-8-6-9-15(10-14)29-4/h6,8-11H,5,7,12H2,1-4H3,(H,23,26). The Balaban J connectivity index is 1.95. The molecule has 1 amide bonds. The van der Waals surface area contributed by atoms with Crippen molar-refractivity contribution in [3.05, 3.63) is 56.9 Å². The molecule has 30 heavy (non-hydrogen) atoms. The average molecular weight is 429 g/mol. The van der Waals surface area contributed by atoms with Crippen LogP contribution in [0.3, 0.4) is 0 Å². The molecule has 0 aliphatic rings. The summed E-state index contributed by atoms with van der Waals surface area (Å²) in [5.74, 6) is 0.552. The summed E-state index contributed by atoms with van der Waals surface area (Å²) in [5.41, 5.74) is 0.995. The number of thioether (sulfide) groups is 1. The maximum Gasteiger partial charge on any atom is 0.332 e. The zero-order valence-electron chi connectivity index (χ0n) is 17.4. The van der Waals surface area contributed by atoms with Crippen molar-refractivity contribution in [2.45, 2.75) is 24.7 Å². The summed E-state index contributed by atoms with van der Waals surface area (Å²) in [5, 5.41) is 3.20. The van der Waals surface area contributed by atoms with Gasteiger partial charge in [0.15, 0.2) is 0 Å². The van der Waals surface area contributed by atoms with E-state index in [0.717, 1.165) is 23.0 Å². The normalized spacial score (nSPS) is 10.9. The van der Waals surface area contributed by atoms with E-state index in [1.165, 1.54) is 23.4 Å². The zero-order valence-corrected chi connectivity index (χ0v) is 18.2. The quantitative estimate of drug-likeness (QED) is 0.581. The SMILES string of the molecule is CCCc1cnc2c(c1SCC(=O)Nc1cccc(OC)c1)c(=O)n(C)c(=O)n2C. The summed E-state index contributed by atoms with van der Waals surface area (Å²) in [6.07, 6.45) is 3.27. The summed E-state index contributed by atoms with van der Waals surface area (Å²) in [6.45, 7) is 2.03. The first-order valence-corrected chi connectivity index (χ1v) is 10.5. The molecule has 0 atom stereocenters. The molecule has 0 aliphatic heterocycles. The van der Waals surface area contributed by atoms with Crippen LogP contribution in [0, 0.1) is 0 Å². The molecule has 0 aliphatic carbocycles. The highest BCUT2D eigenvalue weighted by Gasteiger charge is 2.18. The fraction of sp³-hybridized carbons (Fsp3) is 0.333. The van der Waals surface area contributed by atoms with Crippen molar-refractivity contribution in [2.24, 2.45) is 14.1 Å². The molecule has 9 heteroatoms. The number of anilines is 1. The Morgan fingerprint density at radius 1 is 1.23 bits per heavy atom. The Hall–Kier alpha value is -3.07. The minimum Gasteiger partial charge on any atom is -0.497 e. The number of amides is 1. The van der Waals surface area contributed by atoms with Crippen LogP contribution in [0.4, 0.5) is 5.69 Å². The number of carbonyl (C=O) groups excluding carboxylic acids is 1. The van der Waals surface area contributed by atoms with Gasteiger partial charge in [-0.3, -0.25) is 18.7 Å². The number of ether oxygens (including phenoxy) is 1. The third-order valence-corrected chi connectivity index (χ3v) is 5.88. The molecule has 0 spiro atoms. The van der Waals surface area contributed by atoms with E-state index in [9.17, 15) is 14.4 Å². The Morgan fingerprint density at radius 2 is 2.00 bits per heavy atom. The third-order valence-electron chi connectivity index (χ3n) is 4.72. The van der Waals surface area contributed by atoms with Gasteiger partial charge in [-0.25, -0.2) is 9.78 Å². The molecule has 0 fully saturated rings. The van der Waals surface area contributed by atoms with Gasteiger partial charge >= 0.3 is 5.69 Å². The number of methoxy groups -OCH3 is 1. The lowest BCUT2D eigenvalue weighted by Gasteiger charge is -2.14. The molecule has 0 unspecified atom stereocenters. The molecule has 1 N–H and O–H groups in total. The maximum atomic E-state index is 12.9. The highest BCUT2D eigenvalue weighted by atomic mass is 32.2. The Kier molecular flexibility index (Phi) is 6.61. The maximum absolute atomic E-state index is 12.9. The van der Waals surface area contributed by atoms with Gasteiger partial charge in [-0.15, -0.1) is 11.8 Å². The number of aryl methyl sites for hydroxylation is 2. The number of nitrogens with zero attached hydrogens (tertiary/aromatic N) is 3. The summed E-state index contributed by atoms with van der Waals surface area (Å²) in [4.78, 5) is 42.7. The van der Waals surface area contributed by atoms with E-state index >= 15 is 0 Å². The number of hydrogen-bond donors (Lipinski definition) is 1. The molecule has 1 aromatic carbocycles. The summed E-state index contributed by atoms with van der Waals surface area (Å²) >= 11 is 1.28. The Bertz CT molecular complexity index is 1220. The molecular formula is C21H24N4O4S. The number of hydrogen-bond acceptors (Lipinski definition) is 6. The van der Waals surface area contributed by atoms with Gasteiger partial charge in [-0.05, 0) is 24.1 Å². The lowest BCUT2D eigenvalue weighted by atomic mass is 10.1. The minimum absolute atomic E-state index is 0.110. The van der Waals surface area contributed by atoms with Crippen molar-refractivity contribution in [1.82, 2.24) is 14.1 Å². The van der Waals surface area contributed by atoms with Crippen molar-refractivity contribution in [1.29, 1.82) is 0 Å². The number of rotatable bonds is 7. The van der Waals surface area contributed by atoms with Crippen molar-refractivity contribution in [3.8, 4) is 5.75 Å². The van der Waals surface area contributed by atoms with Gasteiger partial charge in [0.25, 0.3) is 5.56 Å². The fourth-order valence-corrected chi connectivity index (χ4v) is 4.20. The monoisotopic (exact) mass is 428 g/mol. The molecule has 2 heterocycles. The first-order valence-electron chi connectivity index (χ1n) is 9.51. The van der Waals surface area contributed by atoms with Gasteiger partial charge in [0.2, 0.25) is 5.91 Å². The van der Waals surface area contributed by atoms with Crippen molar-refractivity contribution < 1.29 is 9.53 Å². The van der Waals surface area contributed by atoms with Crippen LogP contribution in [-0.2, 0) is 25.3 Å². The van der Waals surface area contributed by atoms with Gasteiger partial charge in [0, 0.05) is 36.9 Å². The van der Waals surface area contributed by atoms with Crippen molar-refractivity contribution >= 4 is 34.4 Å². The van der Waals surface area contributed by atoms with E-state index < -0.39 is 11.2 Å². The molecule has 2 aromatic heterocycles. The Labute approximate surface area is 177 Å². The smallest absolute Gasteiger partial charge is 0.332 e. The fourth-order valence-electron chi connectivity index (χ4n) is 3.19. The molecule has 8 nitrogen and oxygen atoms in total.